The first-order chi connectivity index (χ1) is 13.0. The second-order valence-corrected chi connectivity index (χ2v) is 6.08. The molecule has 0 aliphatic carbocycles. The summed E-state index contributed by atoms with van der Waals surface area (Å²) in [7, 11) is 0. The lowest BCUT2D eigenvalue weighted by molar-refractivity contribution is -0.605. The number of rotatable bonds is 7. The van der Waals surface area contributed by atoms with Gasteiger partial charge in [0.15, 0.2) is 23.9 Å². The third-order valence-electron chi connectivity index (χ3n) is 3.80. The van der Waals surface area contributed by atoms with Gasteiger partial charge in [-0.15, -0.1) is 0 Å². The van der Waals surface area contributed by atoms with E-state index in [1.165, 1.54) is 18.5 Å². The van der Waals surface area contributed by atoms with Crippen LogP contribution in [0.15, 0.2) is 67.0 Å². The molecule has 1 aromatic heterocycles. The van der Waals surface area contributed by atoms with E-state index in [0.717, 1.165) is 11.1 Å². The van der Waals surface area contributed by atoms with E-state index in [1.807, 2.05) is 18.2 Å². The molecule has 0 aliphatic rings. The number of aromatic carboxylic acids is 1. The van der Waals surface area contributed by atoms with Crippen molar-refractivity contribution in [1.82, 2.24) is 0 Å². The molecule has 0 saturated heterocycles. The fourth-order valence-electron chi connectivity index (χ4n) is 2.41. The Hall–Kier alpha value is -3.25. The molecule has 0 unspecified atom stereocenters. The molecule has 0 atom stereocenters. The van der Waals surface area contributed by atoms with Crippen molar-refractivity contribution in [2.75, 3.05) is 0 Å². The number of benzene rings is 2. The van der Waals surface area contributed by atoms with Crippen LogP contribution in [0.1, 0.15) is 21.5 Å². The molecule has 0 aliphatic heterocycles. The SMILES string of the molecule is O=C(O)c1cccc(OCc2ccccc2Cl)c1OCc1cc[n+]([O-])cc1. The van der Waals surface area contributed by atoms with Crippen LogP contribution in [0.5, 0.6) is 11.5 Å². The Kier molecular flexibility index (Phi) is 5.78. The van der Waals surface area contributed by atoms with Gasteiger partial charge in [-0.3, -0.25) is 0 Å². The fourth-order valence-corrected chi connectivity index (χ4v) is 2.60. The lowest BCUT2D eigenvalue weighted by Crippen LogP contribution is -2.23. The summed E-state index contributed by atoms with van der Waals surface area (Å²) in [5, 5.41) is 21.1. The number of halogens is 1. The zero-order valence-corrected chi connectivity index (χ0v) is 14.9. The number of carbonyl (C=O) groups is 1. The van der Waals surface area contributed by atoms with Crippen LogP contribution >= 0.6 is 11.6 Å². The van der Waals surface area contributed by atoms with E-state index in [2.05, 4.69) is 0 Å². The predicted molar refractivity (Wildman–Crippen MR) is 98.9 cm³/mol. The van der Waals surface area contributed by atoms with Crippen LogP contribution in [-0.2, 0) is 13.2 Å². The van der Waals surface area contributed by atoms with Gasteiger partial charge in [-0.25, -0.2) is 4.79 Å². The highest BCUT2D eigenvalue weighted by atomic mass is 35.5. The van der Waals surface area contributed by atoms with E-state index < -0.39 is 5.97 Å². The molecule has 6 nitrogen and oxygen atoms in total. The minimum Gasteiger partial charge on any atom is -0.619 e. The number of carboxylic acid groups (broad SMARTS) is 1. The zero-order chi connectivity index (χ0) is 19.2. The number of pyridine rings is 1. The Labute approximate surface area is 160 Å². The second-order valence-electron chi connectivity index (χ2n) is 5.67. The lowest BCUT2D eigenvalue weighted by atomic mass is 10.2. The topological polar surface area (TPSA) is 82.7 Å². The number of ether oxygens (including phenoxy) is 2. The standard InChI is InChI=1S/C20H16ClNO5/c21-17-6-2-1-4-15(17)13-26-18-7-3-5-16(20(23)24)19(18)27-12-14-8-10-22(25)11-9-14/h1-11H,12-13H2,(H,23,24). The molecule has 27 heavy (non-hydrogen) atoms. The first-order valence-electron chi connectivity index (χ1n) is 8.07. The van der Waals surface area contributed by atoms with E-state index in [1.54, 1.807) is 30.3 Å². The summed E-state index contributed by atoms with van der Waals surface area (Å²) < 4.78 is 12.2. The van der Waals surface area contributed by atoms with E-state index in [0.29, 0.717) is 15.5 Å². The highest BCUT2D eigenvalue weighted by Gasteiger charge is 2.17. The summed E-state index contributed by atoms with van der Waals surface area (Å²) in [6.07, 6.45) is 2.69. The molecule has 0 fully saturated rings. The molecule has 0 spiro atoms. The number of aromatic nitrogens is 1. The van der Waals surface area contributed by atoms with E-state index >= 15 is 0 Å². The maximum Gasteiger partial charge on any atom is 0.339 e. The van der Waals surface area contributed by atoms with E-state index in [9.17, 15) is 15.1 Å². The molecule has 1 N–H and O–H groups in total. The van der Waals surface area contributed by atoms with E-state index in [-0.39, 0.29) is 24.5 Å². The van der Waals surface area contributed by atoms with Crippen LogP contribution in [0.4, 0.5) is 0 Å². The molecular formula is C20H16ClNO5. The highest BCUT2D eigenvalue weighted by molar-refractivity contribution is 6.31. The first kappa shape index (κ1) is 18.5. The molecule has 138 valence electrons. The van der Waals surface area contributed by atoms with Crippen molar-refractivity contribution >= 4 is 17.6 Å². The van der Waals surface area contributed by atoms with Gasteiger partial charge in [0, 0.05) is 28.3 Å². The van der Waals surface area contributed by atoms with Crippen LogP contribution in [-0.4, -0.2) is 11.1 Å². The Balaban J connectivity index is 1.82. The fraction of sp³-hybridized carbons (Fsp3) is 0.100. The molecule has 2 aromatic carbocycles. The maximum atomic E-state index is 11.6. The van der Waals surface area contributed by atoms with Crippen molar-refractivity contribution in [2.24, 2.45) is 0 Å². The van der Waals surface area contributed by atoms with Gasteiger partial charge in [0.1, 0.15) is 18.8 Å². The van der Waals surface area contributed by atoms with Crippen LogP contribution in [0.3, 0.4) is 0 Å². The second kappa shape index (κ2) is 8.42. The summed E-state index contributed by atoms with van der Waals surface area (Å²) in [6.45, 7) is 0.258. The van der Waals surface area contributed by atoms with Crippen molar-refractivity contribution in [2.45, 2.75) is 13.2 Å². The smallest absolute Gasteiger partial charge is 0.339 e. The molecule has 3 rings (SSSR count). The van der Waals surface area contributed by atoms with Gasteiger partial charge in [-0.1, -0.05) is 35.9 Å². The average molecular weight is 386 g/mol. The van der Waals surface area contributed by atoms with Gasteiger partial charge < -0.3 is 19.8 Å². The highest BCUT2D eigenvalue weighted by Crippen LogP contribution is 2.33. The summed E-state index contributed by atoms with van der Waals surface area (Å²) in [5.74, 6) is -0.709. The number of carboxylic acids is 1. The molecule has 0 saturated carbocycles. The molecular weight excluding hydrogens is 370 g/mol. The molecule has 1 heterocycles. The van der Waals surface area contributed by atoms with Crippen molar-refractivity contribution in [3.63, 3.8) is 0 Å². The van der Waals surface area contributed by atoms with Crippen LogP contribution in [0, 0.1) is 5.21 Å². The van der Waals surface area contributed by atoms with Crippen molar-refractivity contribution in [1.29, 1.82) is 0 Å². The number of para-hydroxylation sites is 1. The maximum absolute atomic E-state index is 11.6. The van der Waals surface area contributed by atoms with Crippen molar-refractivity contribution in [3.8, 4) is 11.5 Å². The van der Waals surface area contributed by atoms with Crippen LogP contribution < -0.4 is 14.2 Å². The van der Waals surface area contributed by atoms with Crippen LogP contribution in [0.25, 0.3) is 0 Å². The quantitative estimate of drug-likeness (QED) is 0.493. The summed E-state index contributed by atoms with van der Waals surface area (Å²) >= 11 is 6.13. The number of nitrogens with zero attached hydrogens (tertiary/aromatic N) is 1. The summed E-state index contributed by atoms with van der Waals surface area (Å²) in [5.41, 5.74) is 1.48. The normalized spacial score (nSPS) is 10.4. The number of hydrogen-bond acceptors (Lipinski definition) is 4. The molecule has 3 aromatic rings. The first-order valence-corrected chi connectivity index (χ1v) is 8.45. The number of hydrogen-bond donors (Lipinski definition) is 1. The molecule has 0 amide bonds. The molecule has 0 radical (unpaired) electrons. The van der Waals surface area contributed by atoms with Crippen LogP contribution in [0.2, 0.25) is 5.02 Å². The van der Waals surface area contributed by atoms with Crippen molar-refractivity contribution in [3.05, 3.63) is 93.9 Å². The van der Waals surface area contributed by atoms with E-state index in [4.69, 9.17) is 21.1 Å². The Morgan fingerprint density at radius 1 is 1.00 bits per heavy atom. The van der Waals surface area contributed by atoms with Gasteiger partial charge in [0.25, 0.3) is 0 Å². The van der Waals surface area contributed by atoms with Gasteiger partial charge >= 0.3 is 5.97 Å². The minimum atomic E-state index is -1.13. The summed E-state index contributed by atoms with van der Waals surface area (Å²) in [4.78, 5) is 11.6. The van der Waals surface area contributed by atoms with Crippen molar-refractivity contribution < 1.29 is 24.1 Å². The summed E-state index contributed by atoms with van der Waals surface area (Å²) in [6, 6.07) is 15.1. The largest absolute Gasteiger partial charge is 0.619 e. The zero-order valence-electron chi connectivity index (χ0n) is 14.2. The molecule has 0 bridgehead atoms. The monoisotopic (exact) mass is 385 g/mol. The third kappa shape index (κ3) is 4.68. The lowest BCUT2D eigenvalue weighted by Gasteiger charge is -2.15. The van der Waals surface area contributed by atoms with Gasteiger partial charge in [0.05, 0.1) is 0 Å². The van der Waals surface area contributed by atoms with Gasteiger partial charge in [0.2, 0.25) is 0 Å². The molecule has 7 heteroatoms. The van der Waals surface area contributed by atoms with Gasteiger partial charge in [-0.05, 0) is 18.2 Å². The average Bonchev–Trinajstić information content (AvgIpc) is 2.67. The Morgan fingerprint density at radius 2 is 1.74 bits per heavy atom. The predicted octanol–water partition coefficient (Wildman–Crippen LogP) is 3.83. The Bertz CT molecular complexity index is 943. The van der Waals surface area contributed by atoms with Gasteiger partial charge in [-0.2, -0.15) is 4.73 Å². The Morgan fingerprint density at radius 3 is 2.44 bits per heavy atom. The third-order valence-corrected chi connectivity index (χ3v) is 4.17. The minimum absolute atomic E-state index is 0.0125.